The number of piperidine rings is 1. The van der Waals surface area contributed by atoms with Gasteiger partial charge in [-0.1, -0.05) is 29.8 Å². The molecule has 1 amide bonds. The third kappa shape index (κ3) is 6.36. The fraction of sp³-hybridized carbons (Fsp3) is 0.387. The summed E-state index contributed by atoms with van der Waals surface area (Å²) in [5.41, 5.74) is 3.48. The van der Waals surface area contributed by atoms with Crippen LogP contribution in [-0.2, 0) is 23.6 Å². The van der Waals surface area contributed by atoms with Gasteiger partial charge in [-0.05, 0) is 65.9 Å². The molecule has 0 unspecified atom stereocenters. The predicted molar refractivity (Wildman–Crippen MR) is 152 cm³/mol. The van der Waals surface area contributed by atoms with Gasteiger partial charge in [0.15, 0.2) is 0 Å². The maximum Gasteiger partial charge on any atom is 0.254 e. The summed E-state index contributed by atoms with van der Waals surface area (Å²) in [6.07, 6.45) is 0.971. The molecule has 3 aromatic rings. The Kier molecular flexibility index (Phi) is 8.81. The van der Waals surface area contributed by atoms with Crippen molar-refractivity contribution in [2.75, 3.05) is 40.4 Å². The third-order valence-corrected chi connectivity index (χ3v) is 7.85. The van der Waals surface area contributed by atoms with E-state index in [-0.39, 0.29) is 18.1 Å². The number of hydrogen-bond acceptors (Lipinski definition) is 7. The van der Waals surface area contributed by atoms with Crippen molar-refractivity contribution in [2.24, 2.45) is 0 Å². The van der Waals surface area contributed by atoms with E-state index in [0.717, 1.165) is 47.8 Å². The van der Waals surface area contributed by atoms with E-state index in [4.69, 9.17) is 30.5 Å². The summed E-state index contributed by atoms with van der Waals surface area (Å²) in [5, 5.41) is 14.2. The van der Waals surface area contributed by atoms with Gasteiger partial charge in [-0.2, -0.15) is 0 Å². The number of nitrogens with one attached hydrogen (secondary N) is 1. The monoisotopic (exact) mass is 566 g/mol. The summed E-state index contributed by atoms with van der Waals surface area (Å²) < 4.78 is 23.4. The average Bonchev–Trinajstić information content (AvgIpc) is 3.32. The highest BCUT2D eigenvalue weighted by Crippen LogP contribution is 2.44. The quantitative estimate of drug-likeness (QED) is 0.372. The molecule has 212 valence electrons. The largest absolute Gasteiger partial charge is 0.497 e. The Labute approximate surface area is 239 Å². The van der Waals surface area contributed by atoms with Crippen molar-refractivity contribution in [3.8, 4) is 17.2 Å². The molecule has 0 radical (unpaired) electrons. The van der Waals surface area contributed by atoms with Gasteiger partial charge in [0.1, 0.15) is 36.6 Å². The van der Waals surface area contributed by atoms with E-state index in [2.05, 4.69) is 16.3 Å². The highest BCUT2D eigenvalue weighted by molar-refractivity contribution is 6.30. The van der Waals surface area contributed by atoms with E-state index >= 15 is 0 Å². The second kappa shape index (κ2) is 12.5. The van der Waals surface area contributed by atoms with E-state index < -0.39 is 6.10 Å². The zero-order chi connectivity index (χ0) is 28.1. The van der Waals surface area contributed by atoms with Crippen molar-refractivity contribution in [1.82, 2.24) is 10.2 Å². The maximum atomic E-state index is 12.4. The van der Waals surface area contributed by atoms with E-state index in [1.54, 1.807) is 32.4 Å². The summed E-state index contributed by atoms with van der Waals surface area (Å²) in [5.74, 6) is 1.43. The molecule has 0 bridgehead atoms. The number of hydrogen-bond donors (Lipinski definition) is 2. The molecule has 1 saturated heterocycles. The van der Waals surface area contributed by atoms with Gasteiger partial charge in [-0.25, -0.2) is 0 Å². The molecule has 0 aliphatic carbocycles. The van der Waals surface area contributed by atoms with E-state index in [0.29, 0.717) is 36.8 Å². The minimum Gasteiger partial charge on any atom is -0.497 e. The smallest absolute Gasteiger partial charge is 0.254 e. The molecule has 1 atom stereocenters. The summed E-state index contributed by atoms with van der Waals surface area (Å²) in [7, 11) is 3.19. The van der Waals surface area contributed by atoms with Gasteiger partial charge < -0.3 is 34.3 Å². The Balaban J connectivity index is 1.16. The highest BCUT2D eigenvalue weighted by atomic mass is 35.5. The van der Waals surface area contributed by atoms with Gasteiger partial charge in [0, 0.05) is 37.8 Å². The molecule has 2 aliphatic heterocycles. The number of ether oxygens (including phenoxy) is 4. The van der Waals surface area contributed by atoms with Crippen LogP contribution in [0.4, 0.5) is 0 Å². The molecule has 1 spiro atoms. The number of aliphatic hydroxyl groups is 1. The van der Waals surface area contributed by atoms with Crippen molar-refractivity contribution >= 4 is 17.5 Å². The van der Waals surface area contributed by atoms with Crippen LogP contribution in [0.5, 0.6) is 17.2 Å². The molecule has 1 fully saturated rings. The first-order valence-electron chi connectivity index (χ1n) is 13.5. The molecule has 2 aliphatic rings. The van der Waals surface area contributed by atoms with E-state index in [1.807, 2.05) is 36.4 Å². The Bertz CT molecular complexity index is 1320. The van der Waals surface area contributed by atoms with Gasteiger partial charge in [0.05, 0.1) is 24.9 Å². The second-order valence-electron chi connectivity index (χ2n) is 10.2. The minimum absolute atomic E-state index is 0.0470. The van der Waals surface area contributed by atoms with Gasteiger partial charge in [0.25, 0.3) is 5.91 Å². The van der Waals surface area contributed by atoms with Gasteiger partial charge in [-0.15, -0.1) is 0 Å². The van der Waals surface area contributed by atoms with Crippen molar-refractivity contribution in [2.45, 2.75) is 37.8 Å². The van der Waals surface area contributed by atoms with Crippen LogP contribution < -0.4 is 19.5 Å². The number of amides is 1. The molecule has 2 N–H and O–H groups in total. The van der Waals surface area contributed by atoms with Crippen molar-refractivity contribution in [3.63, 3.8) is 0 Å². The number of β-amino-alcohol motifs (C(OH)–C–C–N with tert-alkyl or cyclic N) is 1. The summed E-state index contributed by atoms with van der Waals surface area (Å²) in [6.45, 7) is 3.05. The summed E-state index contributed by atoms with van der Waals surface area (Å²) in [4.78, 5) is 14.7. The standard InChI is InChI=1S/C31H35ClN2O6/c1-33-30(36)27-9-8-26(38-18-21-3-6-25(37-2)7-4-21)16-29(27)39-20-24(35)17-34-13-11-31(12-14-34)28-10-5-23(32)15-22(28)19-40-31/h3-10,15-16,24,35H,11-14,17-20H2,1-2H3,(H,33,36)/t24-/m1/s1. The average molecular weight is 567 g/mol. The number of nitrogens with zero attached hydrogens (tertiary/aromatic N) is 1. The number of rotatable bonds is 10. The number of fused-ring (bicyclic) bond motifs is 2. The van der Waals surface area contributed by atoms with Crippen LogP contribution in [-0.4, -0.2) is 62.4 Å². The molecule has 0 aromatic heterocycles. The number of halogens is 1. The van der Waals surface area contributed by atoms with Crippen LogP contribution in [0.25, 0.3) is 0 Å². The molecule has 3 aromatic carbocycles. The van der Waals surface area contributed by atoms with Crippen LogP contribution in [0.3, 0.4) is 0 Å². The Morgan fingerprint density at radius 2 is 1.82 bits per heavy atom. The molecule has 40 heavy (non-hydrogen) atoms. The third-order valence-electron chi connectivity index (χ3n) is 7.62. The van der Waals surface area contributed by atoms with Gasteiger partial charge in [-0.3, -0.25) is 4.79 Å². The topological polar surface area (TPSA) is 89.5 Å². The zero-order valence-electron chi connectivity index (χ0n) is 22.8. The normalized spacial score (nSPS) is 16.8. The number of aliphatic hydroxyl groups excluding tert-OH is 1. The van der Waals surface area contributed by atoms with Crippen molar-refractivity contribution in [1.29, 1.82) is 0 Å². The van der Waals surface area contributed by atoms with E-state index in [9.17, 15) is 9.90 Å². The van der Waals surface area contributed by atoms with Crippen LogP contribution >= 0.6 is 11.6 Å². The first-order valence-corrected chi connectivity index (χ1v) is 13.8. The number of carbonyl (C=O) groups is 1. The minimum atomic E-state index is -0.731. The Morgan fingerprint density at radius 1 is 1.07 bits per heavy atom. The fourth-order valence-electron chi connectivity index (χ4n) is 5.39. The highest BCUT2D eigenvalue weighted by Gasteiger charge is 2.42. The van der Waals surface area contributed by atoms with Crippen LogP contribution in [0.15, 0.2) is 60.7 Å². The Morgan fingerprint density at radius 3 is 2.55 bits per heavy atom. The first-order chi connectivity index (χ1) is 19.4. The lowest BCUT2D eigenvalue weighted by Gasteiger charge is -2.39. The molecule has 2 heterocycles. The SMILES string of the molecule is CNC(=O)c1ccc(OCc2ccc(OC)cc2)cc1OC[C@H](O)CN1CCC2(CC1)OCc1cc(Cl)ccc12. The molecule has 8 nitrogen and oxygen atoms in total. The Hall–Kier alpha value is -3.30. The van der Waals surface area contributed by atoms with Crippen LogP contribution in [0.2, 0.25) is 5.02 Å². The lowest BCUT2D eigenvalue weighted by molar-refractivity contribution is -0.0835. The van der Waals surface area contributed by atoms with Crippen molar-refractivity contribution < 1.29 is 28.8 Å². The molecular formula is C31H35ClN2O6. The number of methoxy groups -OCH3 is 1. The van der Waals surface area contributed by atoms with Crippen LogP contribution in [0, 0.1) is 0 Å². The molecule has 5 rings (SSSR count). The summed E-state index contributed by atoms with van der Waals surface area (Å²) in [6, 6.07) is 18.7. The molecule has 0 saturated carbocycles. The molecular weight excluding hydrogens is 532 g/mol. The van der Waals surface area contributed by atoms with Crippen LogP contribution in [0.1, 0.15) is 39.9 Å². The van der Waals surface area contributed by atoms with Crippen molar-refractivity contribution in [3.05, 3.63) is 87.9 Å². The fourth-order valence-corrected chi connectivity index (χ4v) is 5.58. The first kappa shape index (κ1) is 28.2. The summed E-state index contributed by atoms with van der Waals surface area (Å²) >= 11 is 6.16. The lowest BCUT2D eigenvalue weighted by atomic mass is 9.84. The van der Waals surface area contributed by atoms with E-state index in [1.165, 1.54) is 5.56 Å². The number of carbonyl (C=O) groups excluding carboxylic acids is 1. The maximum absolute atomic E-state index is 12.4. The van der Waals surface area contributed by atoms with Gasteiger partial charge in [0.2, 0.25) is 0 Å². The molecule has 9 heteroatoms. The second-order valence-corrected chi connectivity index (χ2v) is 10.7. The lowest BCUT2D eigenvalue weighted by Crippen LogP contribution is -2.46. The predicted octanol–water partition coefficient (Wildman–Crippen LogP) is 4.55. The van der Waals surface area contributed by atoms with Gasteiger partial charge >= 0.3 is 0 Å². The zero-order valence-corrected chi connectivity index (χ0v) is 23.6. The number of benzene rings is 3. The number of likely N-dealkylation sites (tertiary alicyclic amines) is 1.